The first-order valence-corrected chi connectivity index (χ1v) is 7.35. The Bertz CT molecular complexity index is 228. The van der Waals surface area contributed by atoms with Crippen molar-refractivity contribution in [3.05, 3.63) is 0 Å². The van der Waals surface area contributed by atoms with E-state index >= 15 is 0 Å². The predicted molar refractivity (Wildman–Crippen MR) is 64.6 cm³/mol. The zero-order chi connectivity index (χ0) is 10.4. The van der Waals surface area contributed by atoms with Crippen molar-refractivity contribution < 1.29 is 0 Å². The second kappa shape index (κ2) is 3.79. The fraction of sp³-hybridized carbons (Fsp3) is 1.00. The van der Waals surface area contributed by atoms with Crippen LogP contribution in [0.4, 0.5) is 0 Å². The Morgan fingerprint density at radius 2 is 1.67 bits per heavy atom. The van der Waals surface area contributed by atoms with Crippen LogP contribution in [0.3, 0.4) is 0 Å². The van der Waals surface area contributed by atoms with Crippen LogP contribution in [-0.2, 0) is 0 Å². The smallest absolute Gasteiger partial charge is 0.0324 e. The molecule has 0 aromatic rings. The number of hydrogen-bond acceptors (Lipinski definition) is 0. The van der Waals surface area contributed by atoms with E-state index in [4.69, 9.17) is 0 Å². The highest BCUT2D eigenvalue weighted by Crippen LogP contribution is 2.62. The maximum absolute atomic E-state index is 2.41. The Labute approximate surface area is 94.8 Å². The fourth-order valence-corrected chi connectivity index (χ4v) is 5.57. The van der Waals surface area contributed by atoms with Gasteiger partial charge in [0.05, 0.1) is 0 Å². The molecule has 0 aromatic carbocycles. The predicted octanol–water partition coefficient (Wildman–Crippen LogP) is 4.49. The second-order valence-electron chi connectivity index (χ2n) is 6.39. The summed E-state index contributed by atoms with van der Waals surface area (Å²) >= 11 is 0. The molecule has 0 nitrogen and oxygen atoms in total. The zero-order valence-corrected chi connectivity index (χ0v) is 10.4. The quantitative estimate of drug-likeness (QED) is 0.638. The maximum Gasteiger partial charge on any atom is -0.0324 e. The number of hydrogen-bond donors (Lipinski definition) is 0. The van der Waals surface area contributed by atoms with Crippen LogP contribution in [0.2, 0.25) is 0 Å². The van der Waals surface area contributed by atoms with Gasteiger partial charge in [-0.1, -0.05) is 26.7 Å². The molecule has 3 aliphatic rings. The van der Waals surface area contributed by atoms with Gasteiger partial charge in [-0.25, -0.2) is 0 Å². The van der Waals surface area contributed by atoms with E-state index in [1.54, 1.807) is 32.1 Å². The molecule has 2 bridgehead atoms. The number of fused-ring (bicyclic) bond motifs is 5. The minimum absolute atomic E-state index is 1.05. The highest BCUT2D eigenvalue weighted by atomic mass is 14.6. The lowest BCUT2D eigenvalue weighted by Crippen LogP contribution is -2.26. The van der Waals surface area contributed by atoms with E-state index in [-0.39, 0.29) is 0 Å². The second-order valence-corrected chi connectivity index (χ2v) is 6.39. The minimum atomic E-state index is 1.05. The Kier molecular flexibility index (Phi) is 2.57. The lowest BCUT2D eigenvalue weighted by Gasteiger charge is -2.33. The van der Waals surface area contributed by atoms with Gasteiger partial charge in [-0.05, 0) is 67.6 Å². The first-order chi connectivity index (χ1) is 7.35. The van der Waals surface area contributed by atoms with Crippen LogP contribution in [0.25, 0.3) is 0 Å². The van der Waals surface area contributed by atoms with Gasteiger partial charge in [0.25, 0.3) is 0 Å². The van der Waals surface area contributed by atoms with Gasteiger partial charge in [-0.2, -0.15) is 0 Å². The molecule has 3 saturated carbocycles. The van der Waals surface area contributed by atoms with E-state index in [1.807, 2.05) is 0 Å². The van der Waals surface area contributed by atoms with Crippen molar-refractivity contribution in [3.63, 3.8) is 0 Å². The Morgan fingerprint density at radius 3 is 2.40 bits per heavy atom. The van der Waals surface area contributed by atoms with Crippen LogP contribution in [0.1, 0.15) is 58.8 Å². The van der Waals surface area contributed by atoms with E-state index in [0.29, 0.717) is 0 Å². The third kappa shape index (κ3) is 1.40. The van der Waals surface area contributed by atoms with Gasteiger partial charge < -0.3 is 0 Å². The van der Waals surface area contributed by atoms with Gasteiger partial charge in [-0.3, -0.25) is 0 Å². The van der Waals surface area contributed by atoms with E-state index < -0.39 is 0 Å². The number of rotatable bonds is 3. The van der Waals surface area contributed by atoms with Crippen molar-refractivity contribution in [2.75, 3.05) is 0 Å². The van der Waals surface area contributed by atoms with Gasteiger partial charge in [0.2, 0.25) is 0 Å². The summed E-state index contributed by atoms with van der Waals surface area (Å²) in [5, 5.41) is 0. The molecular formula is C15H26. The van der Waals surface area contributed by atoms with Crippen LogP contribution in [0.15, 0.2) is 0 Å². The lowest BCUT2D eigenvalue weighted by molar-refractivity contribution is 0.158. The van der Waals surface area contributed by atoms with Crippen molar-refractivity contribution >= 4 is 0 Å². The highest BCUT2D eigenvalue weighted by molar-refractivity contribution is 5.03. The normalized spacial score (nSPS) is 47.8. The summed E-state index contributed by atoms with van der Waals surface area (Å²) < 4.78 is 0. The molecular weight excluding hydrogens is 180 g/mol. The zero-order valence-electron chi connectivity index (χ0n) is 10.4. The Morgan fingerprint density at radius 1 is 0.933 bits per heavy atom. The first-order valence-electron chi connectivity index (χ1n) is 7.35. The largest absolute Gasteiger partial charge is 0.0651 e. The van der Waals surface area contributed by atoms with Gasteiger partial charge in [0, 0.05) is 0 Å². The lowest BCUT2D eigenvalue weighted by atomic mass is 9.72. The summed E-state index contributed by atoms with van der Waals surface area (Å²) in [7, 11) is 0. The molecule has 3 rings (SSSR count). The molecule has 0 spiro atoms. The molecule has 0 aliphatic heterocycles. The van der Waals surface area contributed by atoms with E-state index in [2.05, 4.69) is 13.8 Å². The van der Waals surface area contributed by atoms with Gasteiger partial charge in [0.15, 0.2) is 0 Å². The minimum Gasteiger partial charge on any atom is -0.0651 e. The molecule has 5 atom stereocenters. The van der Waals surface area contributed by atoms with Crippen molar-refractivity contribution in [1.29, 1.82) is 0 Å². The third-order valence-electron chi connectivity index (χ3n) is 6.14. The van der Waals surface area contributed by atoms with Crippen molar-refractivity contribution in [2.24, 2.45) is 35.5 Å². The molecule has 86 valence electrons. The Balaban J connectivity index is 1.77. The molecule has 5 unspecified atom stereocenters. The van der Waals surface area contributed by atoms with Crippen LogP contribution < -0.4 is 0 Å². The molecule has 0 saturated heterocycles. The van der Waals surface area contributed by atoms with Crippen molar-refractivity contribution in [3.8, 4) is 0 Å². The van der Waals surface area contributed by atoms with Crippen LogP contribution >= 0.6 is 0 Å². The Hall–Kier alpha value is 0. The fourth-order valence-electron chi connectivity index (χ4n) is 5.57. The van der Waals surface area contributed by atoms with E-state index in [9.17, 15) is 0 Å². The monoisotopic (exact) mass is 206 g/mol. The van der Waals surface area contributed by atoms with Crippen molar-refractivity contribution in [2.45, 2.75) is 58.8 Å². The summed E-state index contributed by atoms with van der Waals surface area (Å²) in [6, 6.07) is 0. The third-order valence-corrected chi connectivity index (χ3v) is 6.14. The van der Waals surface area contributed by atoms with E-state index in [0.717, 1.165) is 17.8 Å². The van der Waals surface area contributed by atoms with Crippen LogP contribution in [-0.4, -0.2) is 0 Å². The molecule has 15 heavy (non-hydrogen) atoms. The average Bonchev–Trinajstić information content (AvgIpc) is 2.90. The summed E-state index contributed by atoms with van der Waals surface area (Å²) in [6.45, 7) is 4.82. The molecule has 0 heteroatoms. The molecule has 0 amide bonds. The van der Waals surface area contributed by atoms with Gasteiger partial charge >= 0.3 is 0 Å². The SMILES string of the molecule is CCC(CC)C1CCC2C3CCC(C3)C12. The molecule has 3 fully saturated rings. The molecule has 0 radical (unpaired) electrons. The van der Waals surface area contributed by atoms with E-state index in [1.165, 1.54) is 30.6 Å². The van der Waals surface area contributed by atoms with Crippen LogP contribution in [0, 0.1) is 35.5 Å². The van der Waals surface area contributed by atoms with Gasteiger partial charge in [-0.15, -0.1) is 0 Å². The summed E-state index contributed by atoms with van der Waals surface area (Å²) in [5.41, 5.74) is 0. The van der Waals surface area contributed by atoms with Gasteiger partial charge in [0.1, 0.15) is 0 Å². The summed E-state index contributed by atoms with van der Waals surface area (Å²) in [5.74, 6) is 6.86. The molecule has 0 N–H and O–H groups in total. The average molecular weight is 206 g/mol. The maximum atomic E-state index is 2.41. The molecule has 0 aromatic heterocycles. The standard InChI is InChI=1S/C15H26/c1-3-10(4-2)13-7-8-14-11-5-6-12(9-11)15(13)14/h10-15H,3-9H2,1-2H3. The first kappa shape index (κ1) is 10.2. The van der Waals surface area contributed by atoms with Crippen molar-refractivity contribution in [1.82, 2.24) is 0 Å². The molecule has 3 aliphatic carbocycles. The summed E-state index contributed by atoms with van der Waals surface area (Å²) in [6.07, 6.45) is 10.8. The highest BCUT2D eigenvalue weighted by Gasteiger charge is 2.54. The van der Waals surface area contributed by atoms with Crippen LogP contribution in [0.5, 0.6) is 0 Å². The topological polar surface area (TPSA) is 0 Å². The summed E-state index contributed by atoms with van der Waals surface area (Å²) in [4.78, 5) is 0. The molecule has 0 heterocycles.